The largest absolute Gasteiger partial charge is 0.357 e. The van der Waals surface area contributed by atoms with Crippen LogP contribution in [0.25, 0.3) is 0 Å². The Morgan fingerprint density at radius 2 is 2.36 bits per heavy atom. The van der Waals surface area contributed by atoms with Gasteiger partial charge in [-0.2, -0.15) is 0 Å². The molecule has 1 aliphatic rings. The molecule has 0 aromatic carbocycles. The first-order valence-electron chi connectivity index (χ1n) is 7.89. The van der Waals surface area contributed by atoms with Crippen molar-refractivity contribution in [1.82, 2.24) is 20.5 Å². The van der Waals surface area contributed by atoms with Crippen LogP contribution in [-0.4, -0.2) is 47.9 Å². The minimum Gasteiger partial charge on any atom is -0.357 e. The summed E-state index contributed by atoms with van der Waals surface area (Å²) in [5.74, 6) is 1.12. The average molecular weight is 323 g/mol. The molecule has 0 saturated carbocycles. The van der Waals surface area contributed by atoms with E-state index in [1.54, 1.807) is 11.3 Å². The number of aromatic nitrogens is 1. The highest BCUT2D eigenvalue weighted by atomic mass is 32.1. The van der Waals surface area contributed by atoms with E-state index in [1.807, 2.05) is 17.3 Å². The van der Waals surface area contributed by atoms with Crippen LogP contribution < -0.4 is 10.6 Å². The van der Waals surface area contributed by atoms with Gasteiger partial charge >= 0.3 is 0 Å². The molecule has 1 aromatic rings. The second-order valence-corrected chi connectivity index (χ2v) is 6.26. The van der Waals surface area contributed by atoms with Crippen LogP contribution in [0.15, 0.2) is 10.5 Å². The lowest BCUT2D eigenvalue weighted by Crippen LogP contribution is -2.39. The van der Waals surface area contributed by atoms with Gasteiger partial charge in [-0.1, -0.05) is 0 Å². The van der Waals surface area contributed by atoms with Crippen molar-refractivity contribution in [1.29, 1.82) is 0 Å². The van der Waals surface area contributed by atoms with Crippen LogP contribution in [0, 0.1) is 6.92 Å². The van der Waals surface area contributed by atoms with Gasteiger partial charge in [0, 0.05) is 37.5 Å². The number of carbonyl (C=O) groups excluding carboxylic acids is 1. The Hall–Kier alpha value is -1.63. The van der Waals surface area contributed by atoms with Gasteiger partial charge in [-0.25, -0.2) is 9.98 Å². The summed E-state index contributed by atoms with van der Waals surface area (Å²) in [6.07, 6.45) is 2.66. The highest BCUT2D eigenvalue weighted by molar-refractivity contribution is 7.09. The SMILES string of the molecule is CCNC(=NCc1scnc1C)NCCCN1CCCC1=O. The number of aryl methyl sites for hydroxylation is 1. The summed E-state index contributed by atoms with van der Waals surface area (Å²) in [6.45, 7) is 8.11. The zero-order valence-corrected chi connectivity index (χ0v) is 14.2. The molecule has 1 saturated heterocycles. The molecule has 7 heteroatoms. The number of aliphatic imine (C=N–C) groups is 1. The molecule has 2 heterocycles. The van der Waals surface area contributed by atoms with Crippen molar-refractivity contribution in [3.63, 3.8) is 0 Å². The molecule has 2 rings (SSSR count). The third-order valence-electron chi connectivity index (χ3n) is 3.64. The molecule has 1 aromatic heterocycles. The fourth-order valence-electron chi connectivity index (χ4n) is 2.39. The Morgan fingerprint density at radius 3 is 3.00 bits per heavy atom. The Morgan fingerprint density at radius 1 is 1.50 bits per heavy atom. The van der Waals surface area contributed by atoms with Gasteiger partial charge in [0.05, 0.1) is 17.7 Å². The van der Waals surface area contributed by atoms with E-state index in [4.69, 9.17) is 0 Å². The summed E-state index contributed by atoms with van der Waals surface area (Å²) in [5, 5.41) is 6.57. The van der Waals surface area contributed by atoms with Crippen LogP contribution >= 0.6 is 11.3 Å². The number of likely N-dealkylation sites (tertiary alicyclic amines) is 1. The lowest BCUT2D eigenvalue weighted by atomic mass is 10.4. The lowest BCUT2D eigenvalue weighted by molar-refractivity contribution is -0.127. The van der Waals surface area contributed by atoms with Crippen LogP contribution in [0.4, 0.5) is 0 Å². The van der Waals surface area contributed by atoms with E-state index in [0.29, 0.717) is 18.9 Å². The number of amides is 1. The Labute approximate surface area is 136 Å². The summed E-state index contributed by atoms with van der Waals surface area (Å²) >= 11 is 1.64. The van der Waals surface area contributed by atoms with Crippen molar-refractivity contribution in [2.75, 3.05) is 26.2 Å². The quantitative estimate of drug-likeness (QED) is 0.453. The molecule has 6 nitrogen and oxygen atoms in total. The molecule has 122 valence electrons. The normalized spacial score (nSPS) is 15.5. The van der Waals surface area contributed by atoms with Crippen LogP contribution in [0.5, 0.6) is 0 Å². The van der Waals surface area contributed by atoms with Crippen LogP contribution in [-0.2, 0) is 11.3 Å². The molecule has 0 bridgehead atoms. The predicted molar refractivity (Wildman–Crippen MR) is 90.1 cm³/mol. The molecular weight excluding hydrogens is 298 g/mol. The van der Waals surface area contributed by atoms with Gasteiger partial charge in [0.1, 0.15) is 0 Å². The first kappa shape index (κ1) is 16.7. The van der Waals surface area contributed by atoms with E-state index >= 15 is 0 Å². The fraction of sp³-hybridized carbons (Fsp3) is 0.667. The molecule has 1 fully saturated rings. The number of nitrogens with zero attached hydrogens (tertiary/aromatic N) is 3. The summed E-state index contributed by atoms with van der Waals surface area (Å²) in [4.78, 5) is 23.5. The smallest absolute Gasteiger partial charge is 0.222 e. The number of guanidine groups is 1. The van der Waals surface area contributed by atoms with Crippen molar-refractivity contribution in [2.45, 2.75) is 39.7 Å². The van der Waals surface area contributed by atoms with E-state index in [2.05, 4.69) is 27.5 Å². The number of carbonyl (C=O) groups is 1. The van der Waals surface area contributed by atoms with Gasteiger partial charge in [-0.05, 0) is 26.7 Å². The monoisotopic (exact) mass is 323 g/mol. The number of nitrogens with one attached hydrogen (secondary N) is 2. The summed E-state index contributed by atoms with van der Waals surface area (Å²) in [6, 6.07) is 0. The summed E-state index contributed by atoms with van der Waals surface area (Å²) < 4.78 is 0. The van der Waals surface area contributed by atoms with Gasteiger partial charge in [0.25, 0.3) is 0 Å². The molecule has 0 radical (unpaired) electrons. The maximum Gasteiger partial charge on any atom is 0.222 e. The van der Waals surface area contributed by atoms with E-state index in [9.17, 15) is 4.79 Å². The number of thiazole rings is 1. The summed E-state index contributed by atoms with van der Waals surface area (Å²) in [7, 11) is 0. The molecule has 0 unspecified atom stereocenters. The van der Waals surface area contributed by atoms with Crippen molar-refractivity contribution in [3.05, 3.63) is 16.1 Å². The molecule has 0 spiro atoms. The van der Waals surface area contributed by atoms with Gasteiger partial charge in [0.15, 0.2) is 5.96 Å². The van der Waals surface area contributed by atoms with Crippen LogP contribution in [0.3, 0.4) is 0 Å². The Balaban J connectivity index is 1.73. The standard InChI is InChI=1S/C15H25N5OS/c1-3-16-15(18-10-13-12(2)19-11-22-13)17-7-5-9-20-8-4-6-14(20)21/h11H,3-10H2,1-2H3,(H2,16,17,18). The second-order valence-electron chi connectivity index (χ2n) is 5.32. The van der Waals surface area contributed by atoms with Crippen molar-refractivity contribution in [2.24, 2.45) is 4.99 Å². The number of hydrogen-bond acceptors (Lipinski definition) is 4. The van der Waals surface area contributed by atoms with Crippen molar-refractivity contribution in [3.8, 4) is 0 Å². The van der Waals surface area contributed by atoms with Gasteiger partial charge in [-0.3, -0.25) is 4.79 Å². The minimum atomic E-state index is 0.293. The predicted octanol–water partition coefficient (Wildman–Crippen LogP) is 1.52. The van der Waals surface area contributed by atoms with E-state index in [1.165, 1.54) is 4.88 Å². The fourth-order valence-corrected chi connectivity index (χ4v) is 3.09. The molecule has 22 heavy (non-hydrogen) atoms. The maximum absolute atomic E-state index is 11.5. The van der Waals surface area contributed by atoms with Crippen LogP contribution in [0.1, 0.15) is 36.8 Å². The Kier molecular flexibility index (Phi) is 6.64. The third kappa shape index (κ3) is 4.98. The second kappa shape index (κ2) is 8.73. The number of hydrogen-bond donors (Lipinski definition) is 2. The molecular formula is C15H25N5OS. The Bertz CT molecular complexity index is 514. The van der Waals surface area contributed by atoms with E-state index in [0.717, 1.165) is 50.7 Å². The minimum absolute atomic E-state index is 0.293. The van der Waals surface area contributed by atoms with Crippen molar-refractivity contribution < 1.29 is 4.79 Å². The van der Waals surface area contributed by atoms with Gasteiger partial charge < -0.3 is 15.5 Å². The zero-order valence-electron chi connectivity index (χ0n) is 13.4. The van der Waals surface area contributed by atoms with E-state index < -0.39 is 0 Å². The molecule has 1 aliphatic heterocycles. The molecule has 2 N–H and O–H groups in total. The maximum atomic E-state index is 11.5. The van der Waals surface area contributed by atoms with Gasteiger partial charge in [-0.15, -0.1) is 11.3 Å². The first-order valence-corrected chi connectivity index (χ1v) is 8.77. The van der Waals surface area contributed by atoms with Crippen LogP contribution in [0.2, 0.25) is 0 Å². The topological polar surface area (TPSA) is 69.6 Å². The van der Waals surface area contributed by atoms with E-state index in [-0.39, 0.29) is 0 Å². The molecule has 1 amide bonds. The highest BCUT2D eigenvalue weighted by Gasteiger charge is 2.18. The van der Waals surface area contributed by atoms with Gasteiger partial charge in [0.2, 0.25) is 5.91 Å². The zero-order chi connectivity index (χ0) is 15.8. The molecule has 0 aliphatic carbocycles. The first-order chi connectivity index (χ1) is 10.7. The molecule has 0 atom stereocenters. The third-order valence-corrected chi connectivity index (χ3v) is 4.56. The lowest BCUT2D eigenvalue weighted by Gasteiger charge is -2.16. The van der Waals surface area contributed by atoms with Crippen molar-refractivity contribution >= 4 is 23.2 Å². The summed E-state index contributed by atoms with van der Waals surface area (Å²) in [5.41, 5.74) is 2.91. The average Bonchev–Trinajstić information content (AvgIpc) is 3.09. The number of rotatable bonds is 7. The highest BCUT2D eigenvalue weighted by Crippen LogP contribution is 2.13.